The van der Waals surface area contributed by atoms with E-state index < -0.39 is 0 Å². The molecule has 0 radical (unpaired) electrons. The highest BCUT2D eigenvalue weighted by Gasteiger charge is 2.41. The second-order valence-electron chi connectivity index (χ2n) is 6.28. The van der Waals surface area contributed by atoms with Crippen LogP contribution < -0.4 is 10.5 Å². The molecule has 0 aromatic heterocycles. The summed E-state index contributed by atoms with van der Waals surface area (Å²) in [6.07, 6.45) is 2.20. The Morgan fingerprint density at radius 1 is 1.24 bits per heavy atom. The van der Waals surface area contributed by atoms with Crippen LogP contribution in [0.5, 0.6) is 5.75 Å². The zero-order valence-corrected chi connectivity index (χ0v) is 11.6. The Labute approximate surface area is 104 Å². The SMILES string of the molecule is COc1c(C)cc(C2(N)CC2)cc1C(C)(C)C. The van der Waals surface area contributed by atoms with Gasteiger partial charge in [-0.05, 0) is 42.4 Å². The van der Waals surface area contributed by atoms with E-state index in [2.05, 4.69) is 39.8 Å². The van der Waals surface area contributed by atoms with E-state index in [4.69, 9.17) is 10.5 Å². The van der Waals surface area contributed by atoms with Gasteiger partial charge in [0.2, 0.25) is 0 Å². The van der Waals surface area contributed by atoms with Gasteiger partial charge in [0, 0.05) is 11.1 Å². The van der Waals surface area contributed by atoms with Crippen molar-refractivity contribution < 1.29 is 4.74 Å². The Morgan fingerprint density at radius 2 is 1.82 bits per heavy atom. The van der Waals surface area contributed by atoms with E-state index >= 15 is 0 Å². The molecule has 2 rings (SSSR count). The van der Waals surface area contributed by atoms with Crippen LogP contribution in [0.3, 0.4) is 0 Å². The molecule has 2 heteroatoms. The van der Waals surface area contributed by atoms with Crippen molar-refractivity contribution in [2.75, 3.05) is 7.11 Å². The second kappa shape index (κ2) is 3.74. The summed E-state index contributed by atoms with van der Waals surface area (Å²) >= 11 is 0. The number of rotatable bonds is 2. The van der Waals surface area contributed by atoms with Crippen LogP contribution in [-0.4, -0.2) is 7.11 Å². The summed E-state index contributed by atoms with van der Waals surface area (Å²) in [5.41, 5.74) is 10.0. The molecular weight excluding hydrogens is 210 g/mol. The van der Waals surface area contributed by atoms with Gasteiger partial charge in [0.1, 0.15) is 5.75 Å². The van der Waals surface area contributed by atoms with Crippen molar-refractivity contribution in [3.05, 3.63) is 28.8 Å². The molecule has 0 spiro atoms. The molecule has 0 aliphatic heterocycles. The molecule has 0 amide bonds. The minimum absolute atomic E-state index is 0.0724. The second-order valence-corrected chi connectivity index (χ2v) is 6.28. The van der Waals surface area contributed by atoms with E-state index in [-0.39, 0.29) is 11.0 Å². The maximum absolute atomic E-state index is 6.30. The molecule has 0 atom stereocenters. The highest BCUT2D eigenvalue weighted by Crippen LogP contribution is 2.46. The minimum atomic E-state index is -0.0724. The summed E-state index contributed by atoms with van der Waals surface area (Å²) in [6, 6.07) is 4.42. The molecule has 2 N–H and O–H groups in total. The molecule has 0 saturated heterocycles. The molecule has 0 bridgehead atoms. The van der Waals surface area contributed by atoms with Crippen LogP contribution in [0.15, 0.2) is 12.1 Å². The molecule has 1 fully saturated rings. The maximum Gasteiger partial charge on any atom is 0.125 e. The summed E-state index contributed by atoms with van der Waals surface area (Å²) in [5.74, 6) is 1.01. The average molecular weight is 233 g/mol. The maximum atomic E-state index is 6.30. The summed E-state index contributed by atoms with van der Waals surface area (Å²) in [4.78, 5) is 0. The summed E-state index contributed by atoms with van der Waals surface area (Å²) in [6.45, 7) is 8.74. The van der Waals surface area contributed by atoms with Crippen molar-refractivity contribution in [1.29, 1.82) is 0 Å². The summed E-state index contributed by atoms with van der Waals surface area (Å²) in [5, 5.41) is 0. The van der Waals surface area contributed by atoms with Gasteiger partial charge in [-0.15, -0.1) is 0 Å². The third kappa shape index (κ3) is 2.19. The van der Waals surface area contributed by atoms with Gasteiger partial charge in [-0.2, -0.15) is 0 Å². The van der Waals surface area contributed by atoms with Crippen molar-refractivity contribution in [2.45, 2.75) is 51.5 Å². The Morgan fingerprint density at radius 3 is 2.24 bits per heavy atom. The normalized spacial score (nSPS) is 18.0. The molecule has 1 saturated carbocycles. The van der Waals surface area contributed by atoms with Gasteiger partial charge in [0.15, 0.2) is 0 Å². The van der Waals surface area contributed by atoms with E-state index in [1.165, 1.54) is 16.7 Å². The highest BCUT2D eigenvalue weighted by atomic mass is 16.5. The fourth-order valence-corrected chi connectivity index (χ4v) is 2.31. The first-order valence-electron chi connectivity index (χ1n) is 6.26. The fraction of sp³-hybridized carbons (Fsp3) is 0.600. The molecule has 2 nitrogen and oxygen atoms in total. The minimum Gasteiger partial charge on any atom is -0.496 e. The molecule has 1 aliphatic carbocycles. The monoisotopic (exact) mass is 233 g/mol. The van der Waals surface area contributed by atoms with Crippen LogP contribution in [0.2, 0.25) is 0 Å². The largest absolute Gasteiger partial charge is 0.496 e. The first kappa shape index (κ1) is 12.4. The number of benzene rings is 1. The Hall–Kier alpha value is -1.02. The van der Waals surface area contributed by atoms with Crippen LogP contribution in [0.25, 0.3) is 0 Å². The number of aryl methyl sites for hydroxylation is 1. The zero-order chi connectivity index (χ0) is 12.8. The number of hydrogen-bond donors (Lipinski definition) is 1. The number of ether oxygens (including phenoxy) is 1. The van der Waals surface area contributed by atoms with Gasteiger partial charge in [-0.3, -0.25) is 0 Å². The average Bonchev–Trinajstić information content (AvgIpc) is 2.95. The van der Waals surface area contributed by atoms with Gasteiger partial charge < -0.3 is 10.5 Å². The van der Waals surface area contributed by atoms with Crippen LogP contribution in [-0.2, 0) is 11.0 Å². The van der Waals surface area contributed by atoms with E-state index in [1.807, 2.05) is 0 Å². The van der Waals surface area contributed by atoms with Crippen molar-refractivity contribution in [2.24, 2.45) is 5.73 Å². The van der Waals surface area contributed by atoms with E-state index in [1.54, 1.807) is 7.11 Å². The van der Waals surface area contributed by atoms with Crippen molar-refractivity contribution >= 4 is 0 Å². The smallest absolute Gasteiger partial charge is 0.125 e. The highest BCUT2D eigenvalue weighted by molar-refractivity contribution is 5.50. The van der Waals surface area contributed by atoms with Crippen LogP contribution in [0.1, 0.15) is 50.3 Å². The lowest BCUT2D eigenvalue weighted by molar-refractivity contribution is 0.394. The first-order valence-corrected chi connectivity index (χ1v) is 6.26. The predicted octanol–water partition coefficient (Wildman–Crippen LogP) is 3.25. The molecule has 1 aromatic carbocycles. The summed E-state index contributed by atoms with van der Waals surface area (Å²) < 4.78 is 5.55. The van der Waals surface area contributed by atoms with Crippen molar-refractivity contribution in [3.63, 3.8) is 0 Å². The molecule has 1 aliphatic rings. The zero-order valence-electron chi connectivity index (χ0n) is 11.6. The van der Waals surface area contributed by atoms with Crippen molar-refractivity contribution in [1.82, 2.24) is 0 Å². The number of methoxy groups -OCH3 is 1. The van der Waals surface area contributed by atoms with Gasteiger partial charge >= 0.3 is 0 Å². The van der Waals surface area contributed by atoms with E-state index in [0.717, 1.165) is 18.6 Å². The molecule has 94 valence electrons. The van der Waals surface area contributed by atoms with Crippen LogP contribution in [0, 0.1) is 6.92 Å². The van der Waals surface area contributed by atoms with Gasteiger partial charge in [-0.25, -0.2) is 0 Å². The van der Waals surface area contributed by atoms with E-state index in [0.29, 0.717) is 0 Å². The predicted molar refractivity (Wildman–Crippen MR) is 71.5 cm³/mol. The standard InChI is InChI=1S/C15H23NO/c1-10-8-11(15(16)6-7-15)9-12(13(10)17-5)14(2,3)4/h8-9H,6-7,16H2,1-5H3. The Bertz CT molecular complexity index is 439. The number of nitrogens with two attached hydrogens (primary N) is 1. The van der Waals surface area contributed by atoms with Crippen molar-refractivity contribution in [3.8, 4) is 5.75 Å². The third-order valence-electron chi connectivity index (χ3n) is 3.65. The topological polar surface area (TPSA) is 35.2 Å². The van der Waals surface area contributed by atoms with Gasteiger partial charge in [0.25, 0.3) is 0 Å². The molecule has 1 aromatic rings. The molecular formula is C15H23NO. The first-order chi connectivity index (χ1) is 7.78. The lowest BCUT2D eigenvalue weighted by Gasteiger charge is -2.25. The third-order valence-corrected chi connectivity index (χ3v) is 3.65. The van der Waals surface area contributed by atoms with Crippen LogP contribution >= 0.6 is 0 Å². The number of hydrogen-bond acceptors (Lipinski definition) is 2. The quantitative estimate of drug-likeness (QED) is 0.851. The fourth-order valence-electron chi connectivity index (χ4n) is 2.31. The Balaban J connectivity index is 2.58. The summed E-state index contributed by atoms with van der Waals surface area (Å²) in [7, 11) is 1.74. The Kier molecular flexibility index (Phi) is 2.74. The lowest BCUT2D eigenvalue weighted by Crippen LogP contribution is -2.21. The molecule has 0 unspecified atom stereocenters. The van der Waals surface area contributed by atoms with E-state index in [9.17, 15) is 0 Å². The lowest BCUT2D eigenvalue weighted by atomic mass is 9.83. The molecule has 17 heavy (non-hydrogen) atoms. The van der Waals surface area contributed by atoms with Crippen LogP contribution in [0.4, 0.5) is 0 Å². The molecule has 0 heterocycles. The van der Waals surface area contributed by atoms with Gasteiger partial charge in [-0.1, -0.05) is 26.8 Å². The van der Waals surface area contributed by atoms with Gasteiger partial charge in [0.05, 0.1) is 7.11 Å².